The van der Waals surface area contributed by atoms with Crippen molar-refractivity contribution >= 4 is 28.9 Å². The van der Waals surface area contributed by atoms with Gasteiger partial charge in [-0.05, 0) is 35.4 Å². The van der Waals surface area contributed by atoms with Gasteiger partial charge in [0.25, 0.3) is 11.6 Å². The Morgan fingerprint density at radius 2 is 2.00 bits per heavy atom. The van der Waals surface area contributed by atoms with E-state index in [4.69, 9.17) is 4.74 Å². The second-order valence-electron chi connectivity index (χ2n) is 5.04. The molecule has 0 atom stereocenters. The highest BCUT2D eigenvalue weighted by Crippen LogP contribution is 2.20. The summed E-state index contributed by atoms with van der Waals surface area (Å²) in [6.07, 6.45) is 0. The van der Waals surface area contributed by atoms with Crippen molar-refractivity contribution < 1.29 is 19.2 Å². The molecule has 0 aliphatic rings. The summed E-state index contributed by atoms with van der Waals surface area (Å²) in [5, 5.41) is 14.9. The van der Waals surface area contributed by atoms with Gasteiger partial charge < -0.3 is 9.64 Å². The number of carbonyl (C=O) groups excluding carboxylic acids is 2. The zero-order valence-electron chi connectivity index (χ0n) is 13.2. The summed E-state index contributed by atoms with van der Waals surface area (Å²) < 4.78 is 4.86. The minimum Gasteiger partial charge on any atom is -0.462 e. The molecule has 1 aromatic heterocycles. The zero-order chi connectivity index (χ0) is 17.7. The van der Waals surface area contributed by atoms with E-state index in [1.807, 2.05) is 16.8 Å². The number of nitrogens with zero attached hydrogens (tertiary/aromatic N) is 2. The predicted molar refractivity (Wildman–Crippen MR) is 89.2 cm³/mol. The largest absolute Gasteiger partial charge is 0.462 e. The molecule has 0 spiro atoms. The molecule has 0 radical (unpaired) electrons. The smallest absolute Gasteiger partial charge is 0.338 e. The van der Waals surface area contributed by atoms with Gasteiger partial charge in [-0.1, -0.05) is 0 Å². The quantitative estimate of drug-likeness (QED) is 0.454. The first kappa shape index (κ1) is 17.6. The monoisotopic (exact) mass is 348 g/mol. The number of ether oxygens (including phenoxy) is 1. The van der Waals surface area contributed by atoms with E-state index in [2.05, 4.69) is 0 Å². The number of rotatable bonds is 6. The van der Waals surface area contributed by atoms with Gasteiger partial charge in [0.05, 0.1) is 17.1 Å². The van der Waals surface area contributed by atoms with Crippen molar-refractivity contribution in [1.82, 2.24) is 4.90 Å². The molecule has 2 aromatic rings. The fraction of sp³-hybridized carbons (Fsp3) is 0.250. The normalized spacial score (nSPS) is 10.2. The molecule has 0 saturated carbocycles. The first-order valence-corrected chi connectivity index (χ1v) is 8.09. The van der Waals surface area contributed by atoms with Crippen LogP contribution < -0.4 is 0 Å². The Labute approximate surface area is 142 Å². The van der Waals surface area contributed by atoms with Crippen molar-refractivity contribution in [1.29, 1.82) is 0 Å². The number of thiophene rings is 1. The van der Waals surface area contributed by atoms with E-state index in [0.29, 0.717) is 6.54 Å². The summed E-state index contributed by atoms with van der Waals surface area (Å²) in [5.41, 5.74) is 0.697. The van der Waals surface area contributed by atoms with E-state index >= 15 is 0 Å². The minimum atomic E-state index is -0.698. The minimum absolute atomic E-state index is 0.0154. The number of nitro groups is 1. The maximum atomic E-state index is 12.5. The Morgan fingerprint density at radius 1 is 1.29 bits per heavy atom. The second-order valence-corrected chi connectivity index (χ2v) is 5.82. The number of benzene rings is 1. The Morgan fingerprint density at radius 3 is 2.58 bits per heavy atom. The number of hydrogen-bond acceptors (Lipinski definition) is 6. The molecule has 0 aliphatic carbocycles. The van der Waals surface area contributed by atoms with Gasteiger partial charge in [-0.15, -0.1) is 0 Å². The third-order valence-electron chi connectivity index (χ3n) is 3.23. The van der Waals surface area contributed by atoms with Gasteiger partial charge in [-0.3, -0.25) is 14.9 Å². The van der Waals surface area contributed by atoms with E-state index in [1.54, 1.807) is 14.0 Å². The summed E-state index contributed by atoms with van der Waals surface area (Å²) in [6, 6.07) is 5.48. The van der Waals surface area contributed by atoms with Gasteiger partial charge in [-0.2, -0.15) is 11.3 Å². The van der Waals surface area contributed by atoms with E-state index in [1.165, 1.54) is 22.3 Å². The van der Waals surface area contributed by atoms with Gasteiger partial charge in [0, 0.05) is 31.3 Å². The van der Waals surface area contributed by atoms with Crippen LogP contribution in [0.2, 0.25) is 0 Å². The first-order chi connectivity index (χ1) is 11.4. The highest BCUT2D eigenvalue weighted by Gasteiger charge is 2.20. The Balaban J connectivity index is 2.31. The fourth-order valence-corrected chi connectivity index (χ4v) is 2.78. The van der Waals surface area contributed by atoms with Crippen LogP contribution in [0.1, 0.15) is 33.2 Å². The van der Waals surface area contributed by atoms with Crippen molar-refractivity contribution in [3.63, 3.8) is 0 Å². The number of amides is 1. The van der Waals surface area contributed by atoms with Crippen LogP contribution in [0.15, 0.2) is 35.0 Å². The van der Waals surface area contributed by atoms with Crippen LogP contribution in [0.25, 0.3) is 0 Å². The van der Waals surface area contributed by atoms with Gasteiger partial charge >= 0.3 is 5.97 Å². The van der Waals surface area contributed by atoms with Crippen molar-refractivity contribution in [3.05, 3.63) is 61.8 Å². The number of nitro benzene ring substituents is 1. The van der Waals surface area contributed by atoms with E-state index < -0.39 is 16.8 Å². The molecule has 0 aliphatic heterocycles. The molecule has 8 heteroatoms. The van der Waals surface area contributed by atoms with Crippen molar-refractivity contribution in [2.45, 2.75) is 13.5 Å². The molecule has 0 bridgehead atoms. The third-order valence-corrected chi connectivity index (χ3v) is 3.97. The number of non-ortho nitro benzene ring substituents is 1. The average Bonchev–Trinajstić information content (AvgIpc) is 3.06. The molecule has 0 N–H and O–H groups in total. The van der Waals surface area contributed by atoms with Gasteiger partial charge in [0.1, 0.15) is 0 Å². The maximum Gasteiger partial charge on any atom is 0.338 e. The first-order valence-electron chi connectivity index (χ1n) is 7.15. The molecule has 1 heterocycles. The molecule has 0 saturated heterocycles. The average molecular weight is 348 g/mol. The number of esters is 1. The molecule has 1 amide bonds. The summed E-state index contributed by atoms with van der Waals surface area (Å²) in [4.78, 5) is 36.2. The van der Waals surface area contributed by atoms with Crippen LogP contribution in [0.3, 0.4) is 0 Å². The second kappa shape index (κ2) is 7.69. The third kappa shape index (κ3) is 4.17. The molecule has 1 aromatic carbocycles. The predicted octanol–water partition coefficient (Wildman–Crippen LogP) is 3.11. The molecule has 7 nitrogen and oxygen atoms in total. The van der Waals surface area contributed by atoms with E-state index in [0.717, 1.165) is 17.7 Å². The van der Waals surface area contributed by atoms with Crippen LogP contribution in [0.4, 0.5) is 5.69 Å². The molecule has 0 fully saturated rings. The molecule has 0 unspecified atom stereocenters. The number of carbonyl (C=O) groups is 2. The van der Waals surface area contributed by atoms with Gasteiger partial charge in [0.2, 0.25) is 0 Å². The molecule has 2 rings (SSSR count). The Bertz CT molecular complexity index is 758. The Kier molecular flexibility index (Phi) is 5.64. The maximum absolute atomic E-state index is 12.5. The van der Waals surface area contributed by atoms with Crippen LogP contribution in [0.5, 0.6) is 0 Å². The lowest BCUT2D eigenvalue weighted by Crippen LogP contribution is -2.26. The molecule has 24 heavy (non-hydrogen) atoms. The van der Waals surface area contributed by atoms with E-state index in [9.17, 15) is 19.7 Å². The van der Waals surface area contributed by atoms with Crippen molar-refractivity contribution in [3.8, 4) is 0 Å². The lowest BCUT2D eigenvalue weighted by atomic mass is 10.1. The lowest BCUT2D eigenvalue weighted by Gasteiger charge is -2.17. The van der Waals surface area contributed by atoms with Crippen LogP contribution in [-0.2, 0) is 11.3 Å². The summed E-state index contributed by atoms with van der Waals surface area (Å²) in [7, 11) is 1.60. The zero-order valence-corrected chi connectivity index (χ0v) is 14.0. The van der Waals surface area contributed by atoms with Gasteiger partial charge in [-0.25, -0.2) is 4.79 Å². The van der Waals surface area contributed by atoms with Gasteiger partial charge in [0.15, 0.2) is 0 Å². The Hall–Kier alpha value is -2.74. The van der Waals surface area contributed by atoms with Crippen LogP contribution in [-0.4, -0.2) is 35.4 Å². The topological polar surface area (TPSA) is 89.8 Å². The lowest BCUT2D eigenvalue weighted by molar-refractivity contribution is -0.384. The van der Waals surface area contributed by atoms with Crippen molar-refractivity contribution in [2.75, 3.05) is 13.7 Å². The standard InChI is InChI=1S/C16H16N2O5S/c1-3-23-16(20)13-6-12(7-14(8-13)18(21)22)15(19)17(2)9-11-4-5-24-10-11/h4-8,10H,3,9H2,1-2H3. The van der Waals surface area contributed by atoms with Crippen molar-refractivity contribution in [2.24, 2.45) is 0 Å². The summed E-state index contributed by atoms with van der Waals surface area (Å²) >= 11 is 1.52. The summed E-state index contributed by atoms with van der Waals surface area (Å²) in [5.74, 6) is -1.11. The summed E-state index contributed by atoms with van der Waals surface area (Å²) in [6.45, 7) is 2.15. The van der Waals surface area contributed by atoms with Crippen LogP contribution >= 0.6 is 11.3 Å². The fourth-order valence-electron chi connectivity index (χ4n) is 2.12. The van der Waals surface area contributed by atoms with E-state index in [-0.39, 0.29) is 23.4 Å². The molecular weight excluding hydrogens is 332 g/mol. The highest BCUT2D eigenvalue weighted by atomic mass is 32.1. The molecular formula is C16H16N2O5S. The SMILES string of the molecule is CCOC(=O)c1cc(C(=O)N(C)Cc2ccsc2)cc([N+](=O)[O-])c1. The molecule has 126 valence electrons. The van der Waals surface area contributed by atoms with Crippen LogP contribution in [0, 0.1) is 10.1 Å². The number of hydrogen-bond donors (Lipinski definition) is 0. The highest BCUT2D eigenvalue weighted by molar-refractivity contribution is 7.07.